The SMILES string of the molecule is CN1CCC(=C2c3ccccc3CC3OC3c3sccc32)CC1. The van der Waals surface area contributed by atoms with Gasteiger partial charge in [-0.2, -0.15) is 0 Å². The summed E-state index contributed by atoms with van der Waals surface area (Å²) < 4.78 is 6.01. The fourth-order valence-electron chi connectivity index (χ4n) is 4.10. The van der Waals surface area contributed by atoms with Crippen molar-refractivity contribution in [2.24, 2.45) is 0 Å². The highest BCUT2D eigenvalue weighted by Crippen LogP contribution is 2.50. The minimum Gasteiger partial charge on any atom is -0.363 e. The molecule has 23 heavy (non-hydrogen) atoms. The van der Waals surface area contributed by atoms with Crippen LogP contribution in [0.15, 0.2) is 41.3 Å². The smallest absolute Gasteiger partial charge is 0.119 e. The molecule has 118 valence electrons. The summed E-state index contributed by atoms with van der Waals surface area (Å²) in [6.45, 7) is 2.34. The van der Waals surface area contributed by atoms with Gasteiger partial charge in [0.25, 0.3) is 0 Å². The standard InChI is InChI=1S/C20H21NOS/c1-21-9-6-13(7-10-21)18-15-5-3-2-4-14(15)12-17-19(22-17)20-16(18)8-11-23-20/h2-5,8,11,17,19H,6-7,9-10,12H2,1H3. The van der Waals surface area contributed by atoms with Gasteiger partial charge in [0, 0.05) is 24.4 Å². The average molecular weight is 323 g/mol. The average Bonchev–Trinajstić information content (AvgIpc) is 3.14. The van der Waals surface area contributed by atoms with Gasteiger partial charge in [-0.05, 0) is 53.6 Å². The summed E-state index contributed by atoms with van der Waals surface area (Å²) in [6, 6.07) is 11.3. The lowest BCUT2D eigenvalue weighted by Gasteiger charge is -2.28. The Morgan fingerprint density at radius 1 is 1.09 bits per heavy atom. The molecule has 1 aromatic carbocycles. The molecule has 2 fully saturated rings. The number of rotatable bonds is 0. The molecule has 2 atom stereocenters. The van der Waals surface area contributed by atoms with Crippen LogP contribution in [0.1, 0.15) is 40.5 Å². The summed E-state index contributed by atoms with van der Waals surface area (Å²) in [5.74, 6) is 0. The van der Waals surface area contributed by atoms with Crippen LogP contribution in [0.5, 0.6) is 0 Å². The molecule has 2 nitrogen and oxygen atoms in total. The molecule has 2 saturated heterocycles. The van der Waals surface area contributed by atoms with Gasteiger partial charge in [-0.15, -0.1) is 11.3 Å². The topological polar surface area (TPSA) is 15.8 Å². The molecule has 0 saturated carbocycles. The Balaban J connectivity index is 1.73. The number of likely N-dealkylation sites (tertiary alicyclic amines) is 1. The van der Waals surface area contributed by atoms with Crippen molar-refractivity contribution in [3.05, 3.63) is 62.9 Å². The molecule has 3 heteroatoms. The highest BCUT2D eigenvalue weighted by atomic mass is 32.1. The van der Waals surface area contributed by atoms with Gasteiger partial charge in [-0.25, -0.2) is 0 Å². The highest BCUT2D eigenvalue weighted by molar-refractivity contribution is 7.10. The first-order valence-corrected chi connectivity index (χ1v) is 9.41. The molecular weight excluding hydrogens is 302 g/mol. The minimum absolute atomic E-state index is 0.334. The number of benzene rings is 1. The monoisotopic (exact) mass is 323 g/mol. The molecule has 0 N–H and O–H groups in total. The first-order valence-electron chi connectivity index (χ1n) is 8.53. The zero-order valence-electron chi connectivity index (χ0n) is 13.4. The Kier molecular flexibility index (Phi) is 3.22. The van der Waals surface area contributed by atoms with Crippen LogP contribution in [0.2, 0.25) is 0 Å². The van der Waals surface area contributed by atoms with Gasteiger partial charge < -0.3 is 9.64 Å². The lowest BCUT2D eigenvalue weighted by atomic mass is 9.83. The molecule has 0 amide bonds. The number of nitrogens with zero attached hydrogens (tertiary/aromatic N) is 1. The summed E-state index contributed by atoms with van der Waals surface area (Å²) in [7, 11) is 2.23. The van der Waals surface area contributed by atoms with E-state index < -0.39 is 0 Å². The van der Waals surface area contributed by atoms with E-state index in [-0.39, 0.29) is 0 Å². The second-order valence-corrected chi connectivity index (χ2v) is 7.88. The van der Waals surface area contributed by atoms with E-state index in [0.29, 0.717) is 12.2 Å². The van der Waals surface area contributed by atoms with Crippen LogP contribution in [0, 0.1) is 0 Å². The molecule has 1 aliphatic carbocycles. The molecule has 5 rings (SSSR count). The van der Waals surface area contributed by atoms with Crippen LogP contribution in [0.3, 0.4) is 0 Å². The van der Waals surface area contributed by atoms with Crippen molar-refractivity contribution in [3.8, 4) is 0 Å². The second-order valence-electron chi connectivity index (χ2n) is 6.94. The summed E-state index contributed by atoms with van der Waals surface area (Å²) in [5, 5.41) is 2.24. The van der Waals surface area contributed by atoms with Crippen molar-refractivity contribution in [2.75, 3.05) is 20.1 Å². The summed E-state index contributed by atoms with van der Waals surface area (Å²) in [4.78, 5) is 3.89. The van der Waals surface area contributed by atoms with Gasteiger partial charge in [-0.3, -0.25) is 0 Å². The molecular formula is C20H21NOS. The minimum atomic E-state index is 0.334. The molecule has 3 aliphatic rings. The van der Waals surface area contributed by atoms with Crippen LogP contribution in [-0.2, 0) is 11.2 Å². The number of piperidine rings is 1. The van der Waals surface area contributed by atoms with Crippen LogP contribution in [0.4, 0.5) is 0 Å². The quantitative estimate of drug-likeness (QED) is 0.673. The highest BCUT2D eigenvalue weighted by Gasteiger charge is 2.44. The number of ether oxygens (including phenoxy) is 1. The van der Waals surface area contributed by atoms with E-state index in [4.69, 9.17) is 4.74 Å². The third kappa shape index (κ3) is 2.30. The van der Waals surface area contributed by atoms with Gasteiger partial charge in [0.1, 0.15) is 6.10 Å². The summed E-state index contributed by atoms with van der Waals surface area (Å²) >= 11 is 1.87. The molecule has 0 spiro atoms. The van der Waals surface area contributed by atoms with Crippen LogP contribution in [0.25, 0.3) is 5.57 Å². The molecule has 2 unspecified atom stereocenters. The fraction of sp³-hybridized carbons (Fsp3) is 0.400. The van der Waals surface area contributed by atoms with E-state index in [1.54, 1.807) is 5.57 Å². The van der Waals surface area contributed by atoms with Crippen molar-refractivity contribution in [3.63, 3.8) is 0 Å². The van der Waals surface area contributed by atoms with Gasteiger partial charge >= 0.3 is 0 Å². The summed E-state index contributed by atoms with van der Waals surface area (Å²) in [5.41, 5.74) is 7.49. The van der Waals surface area contributed by atoms with Gasteiger partial charge in [-0.1, -0.05) is 29.8 Å². The van der Waals surface area contributed by atoms with E-state index in [2.05, 4.69) is 47.7 Å². The van der Waals surface area contributed by atoms with E-state index in [1.165, 1.54) is 53.1 Å². The zero-order chi connectivity index (χ0) is 15.4. The first kappa shape index (κ1) is 14.0. The lowest BCUT2D eigenvalue weighted by molar-refractivity contribution is 0.313. The maximum Gasteiger partial charge on any atom is 0.119 e. The number of epoxide rings is 1. The van der Waals surface area contributed by atoms with E-state index in [9.17, 15) is 0 Å². The van der Waals surface area contributed by atoms with Crippen molar-refractivity contribution in [1.29, 1.82) is 0 Å². The van der Waals surface area contributed by atoms with Crippen molar-refractivity contribution < 1.29 is 4.74 Å². The van der Waals surface area contributed by atoms with E-state index in [1.807, 2.05) is 11.3 Å². The predicted molar refractivity (Wildman–Crippen MR) is 94.8 cm³/mol. The second kappa shape index (κ2) is 5.30. The predicted octanol–water partition coefficient (Wildman–Crippen LogP) is 4.27. The maximum atomic E-state index is 6.01. The van der Waals surface area contributed by atoms with E-state index in [0.717, 1.165) is 6.42 Å². The van der Waals surface area contributed by atoms with Crippen molar-refractivity contribution in [2.45, 2.75) is 31.5 Å². The largest absolute Gasteiger partial charge is 0.363 e. The number of fused-ring (bicyclic) bond motifs is 4. The van der Waals surface area contributed by atoms with Gasteiger partial charge in [0.15, 0.2) is 0 Å². The molecule has 1 aromatic heterocycles. The van der Waals surface area contributed by atoms with E-state index >= 15 is 0 Å². The van der Waals surface area contributed by atoms with Crippen LogP contribution in [-0.4, -0.2) is 31.1 Å². The number of hydrogen-bond donors (Lipinski definition) is 0. The molecule has 0 bridgehead atoms. The fourth-order valence-corrected chi connectivity index (χ4v) is 5.09. The molecule has 2 aromatic rings. The Bertz CT molecular complexity index is 780. The molecule has 3 heterocycles. The van der Waals surface area contributed by atoms with Crippen LogP contribution >= 0.6 is 11.3 Å². The Hall–Kier alpha value is -1.42. The maximum absolute atomic E-state index is 6.01. The lowest BCUT2D eigenvalue weighted by Crippen LogP contribution is -2.27. The van der Waals surface area contributed by atoms with Gasteiger partial charge in [0.2, 0.25) is 0 Å². The Morgan fingerprint density at radius 2 is 1.91 bits per heavy atom. The van der Waals surface area contributed by atoms with Crippen LogP contribution < -0.4 is 0 Å². The third-order valence-electron chi connectivity index (χ3n) is 5.46. The molecule has 0 radical (unpaired) electrons. The number of thiophene rings is 1. The van der Waals surface area contributed by atoms with Crippen molar-refractivity contribution >= 4 is 16.9 Å². The number of hydrogen-bond acceptors (Lipinski definition) is 3. The first-order chi connectivity index (χ1) is 11.3. The zero-order valence-corrected chi connectivity index (χ0v) is 14.2. The molecule has 2 aliphatic heterocycles. The van der Waals surface area contributed by atoms with Crippen molar-refractivity contribution in [1.82, 2.24) is 4.90 Å². The van der Waals surface area contributed by atoms with Gasteiger partial charge in [0.05, 0.1) is 6.10 Å². The Morgan fingerprint density at radius 3 is 2.78 bits per heavy atom. The Labute approximate surface area is 141 Å². The normalized spacial score (nSPS) is 26.8. The summed E-state index contributed by atoms with van der Waals surface area (Å²) in [6.07, 6.45) is 4.14. The third-order valence-corrected chi connectivity index (χ3v) is 6.44.